The molecule has 4 rings (SSSR count). The highest BCUT2D eigenvalue weighted by atomic mass is 19.1. The summed E-state index contributed by atoms with van der Waals surface area (Å²) in [7, 11) is 0. The molecule has 0 radical (unpaired) electrons. The summed E-state index contributed by atoms with van der Waals surface area (Å²) in [6, 6.07) is 19.5. The molecule has 0 aliphatic heterocycles. The maximum atomic E-state index is 13.6. The molecule has 158 valence electrons. The molecule has 1 aliphatic rings. The number of carbonyl (C=O) groups is 2. The minimum absolute atomic E-state index is 0.0934. The number of carbonyl (C=O) groups excluding carboxylic acids is 1. The van der Waals surface area contributed by atoms with Gasteiger partial charge in [0.2, 0.25) is 0 Å². The summed E-state index contributed by atoms with van der Waals surface area (Å²) < 4.78 is 19.1. The molecule has 5 nitrogen and oxygen atoms in total. The second-order valence-electron chi connectivity index (χ2n) is 7.63. The van der Waals surface area contributed by atoms with Crippen molar-refractivity contribution in [2.24, 2.45) is 0 Å². The normalized spacial score (nSPS) is 13.2. The number of halogens is 1. The number of benzene rings is 3. The van der Waals surface area contributed by atoms with Gasteiger partial charge in [0.05, 0.1) is 12.5 Å². The van der Waals surface area contributed by atoms with Crippen LogP contribution in [-0.4, -0.2) is 23.8 Å². The van der Waals surface area contributed by atoms with Gasteiger partial charge in [-0.1, -0.05) is 60.7 Å². The Balaban J connectivity index is 1.49. The lowest BCUT2D eigenvalue weighted by Gasteiger charge is -2.19. The maximum Gasteiger partial charge on any atom is 0.407 e. The Labute approximate surface area is 179 Å². The van der Waals surface area contributed by atoms with Gasteiger partial charge in [0.25, 0.3) is 0 Å². The van der Waals surface area contributed by atoms with Gasteiger partial charge in [-0.3, -0.25) is 4.79 Å². The number of fused-ring (bicyclic) bond motifs is 3. The van der Waals surface area contributed by atoms with Crippen LogP contribution in [0.5, 0.6) is 0 Å². The summed E-state index contributed by atoms with van der Waals surface area (Å²) in [6.45, 7) is 1.71. The fraction of sp³-hybridized carbons (Fsp3) is 0.200. The monoisotopic (exact) mass is 419 g/mol. The topological polar surface area (TPSA) is 75.6 Å². The Morgan fingerprint density at radius 3 is 2.23 bits per heavy atom. The van der Waals surface area contributed by atoms with Crippen LogP contribution in [0.25, 0.3) is 11.1 Å². The van der Waals surface area contributed by atoms with Gasteiger partial charge < -0.3 is 15.2 Å². The lowest BCUT2D eigenvalue weighted by molar-refractivity contribution is -0.137. The van der Waals surface area contributed by atoms with Crippen LogP contribution in [0.4, 0.5) is 9.18 Å². The van der Waals surface area contributed by atoms with Crippen molar-refractivity contribution in [1.82, 2.24) is 5.32 Å². The van der Waals surface area contributed by atoms with Crippen molar-refractivity contribution in [3.63, 3.8) is 0 Å². The second-order valence-corrected chi connectivity index (χ2v) is 7.63. The fourth-order valence-electron chi connectivity index (χ4n) is 4.09. The largest absolute Gasteiger partial charge is 0.481 e. The standard InChI is InChI=1S/C25H22FNO4/c1-15-12-16(10-11-22(15)26)23(13-24(28)29)27-25(30)31-14-21-19-8-4-2-6-17(19)18-7-3-5-9-20(18)21/h2-12,21,23H,13-14H2,1H3,(H,27,30)(H,28,29)/t23-/m0/s1. The number of aryl methyl sites for hydroxylation is 1. The lowest BCUT2D eigenvalue weighted by atomic mass is 9.98. The van der Waals surface area contributed by atoms with E-state index in [4.69, 9.17) is 4.74 Å². The number of nitrogens with one attached hydrogen (secondary N) is 1. The van der Waals surface area contributed by atoms with Crippen molar-refractivity contribution < 1.29 is 23.8 Å². The highest BCUT2D eigenvalue weighted by Gasteiger charge is 2.29. The van der Waals surface area contributed by atoms with Gasteiger partial charge in [-0.15, -0.1) is 0 Å². The smallest absolute Gasteiger partial charge is 0.407 e. The Kier molecular flexibility index (Phi) is 5.71. The van der Waals surface area contributed by atoms with E-state index in [0.29, 0.717) is 11.1 Å². The molecule has 1 aliphatic carbocycles. The molecule has 0 unspecified atom stereocenters. The molecule has 0 heterocycles. The van der Waals surface area contributed by atoms with Crippen LogP contribution in [0.15, 0.2) is 66.7 Å². The van der Waals surface area contributed by atoms with Crippen molar-refractivity contribution in [3.8, 4) is 11.1 Å². The van der Waals surface area contributed by atoms with Gasteiger partial charge in [-0.25, -0.2) is 9.18 Å². The van der Waals surface area contributed by atoms with E-state index in [-0.39, 0.29) is 24.8 Å². The highest BCUT2D eigenvalue weighted by molar-refractivity contribution is 5.79. The van der Waals surface area contributed by atoms with E-state index in [1.54, 1.807) is 6.92 Å². The SMILES string of the molecule is Cc1cc([C@H](CC(=O)O)NC(=O)OCC2c3ccccc3-c3ccccc32)ccc1F. The summed E-state index contributed by atoms with van der Waals surface area (Å²) >= 11 is 0. The molecule has 0 saturated heterocycles. The molecule has 1 amide bonds. The number of hydrogen-bond donors (Lipinski definition) is 2. The zero-order valence-corrected chi connectivity index (χ0v) is 17.0. The summed E-state index contributed by atoms with van der Waals surface area (Å²) in [6.07, 6.45) is -1.05. The number of aliphatic carboxylic acids is 1. The number of carboxylic acids is 1. The molecule has 31 heavy (non-hydrogen) atoms. The van der Waals surface area contributed by atoms with Crippen molar-refractivity contribution in [2.45, 2.75) is 25.3 Å². The van der Waals surface area contributed by atoms with E-state index in [9.17, 15) is 19.1 Å². The van der Waals surface area contributed by atoms with E-state index >= 15 is 0 Å². The average Bonchev–Trinajstić information content (AvgIpc) is 3.07. The van der Waals surface area contributed by atoms with Gasteiger partial charge in [0.15, 0.2) is 0 Å². The Hall–Kier alpha value is -3.67. The molecule has 3 aromatic carbocycles. The lowest BCUT2D eigenvalue weighted by Crippen LogP contribution is -2.31. The van der Waals surface area contributed by atoms with Gasteiger partial charge >= 0.3 is 12.1 Å². The van der Waals surface area contributed by atoms with E-state index in [1.807, 2.05) is 48.5 Å². The number of alkyl carbamates (subject to hydrolysis) is 1. The Morgan fingerprint density at radius 2 is 1.65 bits per heavy atom. The minimum Gasteiger partial charge on any atom is -0.481 e. The van der Waals surface area contributed by atoms with Crippen LogP contribution in [-0.2, 0) is 9.53 Å². The van der Waals surface area contributed by atoms with E-state index in [1.165, 1.54) is 18.2 Å². The molecule has 0 spiro atoms. The van der Waals surface area contributed by atoms with E-state index in [2.05, 4.69) is 5.32 Å². The van der Waals surface area contributed by atoms with Crippen LogP contribution >= 0.6 is 0 Å². The maximum absolute atomic E-state index is 13.6. The van der Waals surface area contributed by atoms with Crippen LogP contribution < -0.4 is 5.32 Å². The first kappa shape index (κ1) is 20.6. The molecule has 0 aromatic heterocycles. The van der Waals surface area contributed by atoms with Crippen molar-refractivity contribution >= 4 is 12.1 Å². The number of carboxylic acid groups (broad SMARTS) is 1. The van der Waals surface area contributed by atoms with E-state index < -0.39 is 18.1 Å². The van der Waals surface area contributed by atoms with E-state index in [0.717, 1.165) is 22.3 Å². The average molecular weight is 419 g/mol. The second kappa shape index (κ2) is 8.60. The summed E-state index contributed by atoms with van der Waals surface area (Å²) in [4.78, 5) is 23.8. The molecular formula is C25H22FNO4. The number of ether oxygens (including phenoxy) is 1. The number of amides is 1. The Morgan fingerprint density at radius 1 is 1.03 bits per heavy atom. The summed E-state index contributed by atoms with van der Waals surface area (Å²) in [5.74, 6) is -1.56. The molecule has 3 aromatic rings. The zero-order valence-electron chi connectivity index (χ0n) is 17.0. The van der Waals surface area contributed by atoms with Crippen LogP contribution in [0.2, 0.25) is 0 Å². The van der Waals surface area contributed by atoms with Crippen LogP contribution in [0.3, 0.4) is 0 Å². The van der Waals surface area contributed by atoms with Gasteiger partial charge in [0, 0.05) is 5.92 Å². The first-order valence-electron chi connectivity index (χ1n) is 10.0. The molecule has 1 atom stereocenters. The number of hydrogen-bond acceptors (Lipinski definition) is 3. The van der Waals surface area contributed by atoms with Crippen LogP contribution in [0, 0.1) is 12.7 Å². The van der Waals surface area contributed by atoms with Gasteiger partial charge in [-0.2, -0.15) is 0 Å². The molecule has 2 N–H and O–H groups in total. The molecule has 0 bridgehead atoms. The fourth-order valence-corrected chi connectivity index (χ4v) is 4.09. The predicted octanol–water partition coefficient (Wildman–Crippen LogP) is 5.19. The number of rotatable bonds is 6. The molecule has 0 saturated carbocycles. The first-order valence-corrected chi connectivity index (χ1v) is 10.0. The zero-order chi connectivity index (χ0) is 22.0. The van der Waals surface area contributed by atoms with Gasteiger partial charge in [0.1, 0.15) is 12.4 Å². The van der Waals surface area contributed by atoms with Crippen molar-refractivity contribution in [2.75, 3.05) is 6.61 Å². The summed E-state index contributed by atoms with van der Waals surface area (Å²) in [5, 5.41) is 11.9. The summed E-state index contributed by atoms with van der Waals surface area (Å²) in [5.41, 5.74) is 5.31. The highest BCUT2D eigenvalue weighted by Crippen LogP contribution is 2.44. The van der Waals surface area contributed by atoms with Crippen molar-refractivity contribution in [1.29, 1.82) is 0 Å². The third kappa shape index (κ3) is 4.28. The third-order valence-corrected chi connectivity index (χ3v) is 5.60. The third-order valence-electron chi connectivity index (χ3n) is 5.60. The minimum atomic E-state index is -1.08. The van der Waals surface area contributed by atoms with Crippen molar-refractivity contribution in [3.05, 3.63) is 94.8 Å². The Bertz CT molecular complexity index is 1100. The molecular weight excluding hydrogens is 397 g/mol. The van der Waals surface area contributed by atoms with Crippen LogP contribution in [0.1, 0.15) is 40.6 Å². The molecule has 6 heteroatoms. The van der Waals surface area contributed by atoms with Gasteiger partial charge in [-0.05, 0) is 46.4 Å². The quantitative estimate of drug-likeness (QED) is 0.577. The molecule has 0 fully saturated rings. The predicted molar refractivity (Wildman–Crippen MR) is 114 cm³/mol. The first-order chi connectivity index (χ1) is 14.9.